The molecule has 0 unspecified atom stereocenters. The van der Waals surface area contributed by atoms with Crippen LogP contribution >= 0.6 is 35.7 Å². The molecule has 0 spiro atoms. The molecule has 0 saturated carbocycles. The highest BCUT2D eigenvalue weighted by molar-refractivity contribution is 14.0. The normalized spacial score (nSPS) is 15.0. The smallest absolute Gasteiger partial charge is 0.193 e. The summed E-state index contributed by atoms with van der Waals surface area (Å²) >= 11 is 1.89. The largest absolute Gasteiger partial charge is 0.497 e. The second kappa shape index (κ2) is 11.7. The zero-order chi connectivity index (χ0) is 16.5. The minimum atomic E-state index is 0. The number of nitrogens with zero attached hydrogens (tertiary/aromatic N) is 3. The van der Waals surface area contributed by atoms with Crippen LogP contribution in [0.25, 0.3) is 0 Å². The number of benzene rings is 1. The monoisotopic (exact) mass is 464 g/mol. The van der Waals surface area contributed by atoms with Gasteiger partial charge in [-0.2, -0.15) is 11.8 Å². The van der Waals surface area contributed by atoms with Gasteiger partial charge in [-0.15, -0.1) is 24.0 Å². The molecule has 136 valence electrons. The van der Waals surface area contributed by atoms with Gasteiger partial charge in [0.05, 0.1) is 7.11 Å². The van der Waals surface area contributed by atoms with Crippen molar-refractivity contribution in [2.45, 2.75) is 6.42 Å². The molecule has 1 saturated heterocycles. The van der Waals surface area contributed by atoms with Gasteiger partial charge in [0.2, 0.25) is 0 Å². The highest BCUT2D eigenvalue weighted by Gasteiger charge is 2.19. The number of thioether (sulfide) groups is 1. The van der Waals surface area contributed by atoms with Gasteiger partial charge >= 0.3 is 0 Å². The lowest BCUT2D eigenvalue weighted by molar-refractivity contribution is 0.372. The van der Waals surface area contributed by atoms with E-state index in [1.165, 1.54) is 17.9 Å². The van der Waals surface area contributed by atoms with Gasteiger partial charge in [0, 0.05) is 45.5 Å². The van der Waals surface area contributed by atoms with Crippen LogP contribution in [0, 0.1) is 0 Å². The van der Waals surface area contributed by atoms with Crippen LogP contribution < -0.4 is 15.0 Å². The Bertz CT molecular complexity index is 490. The predicted octanol–water partition coefficient (Wildman–Crippen LogP) is 2.76. The van der Waals surface area contributed by atoms with Crippen LogP contribution in [-0.4, -0.2) is 69.7 Å². The fourth-order valence-corrected chi connectivity index (χ4v) is 3.15. The van der Waals surface area contributed by atoms with Gasteiger partial charge in [-0.05, 0) is 42.7 Å². The van der Waals surface area contributed by atoms with Gasteiger partial charge in [-0.3, -0.25) is 4.99 Å². The molecule has 5 nitrogen and oxygen atoms in total. The number of rotatable bonds is 6. The summed E-state index contributed by atoms with van der Waals surface area (Å²) in [5.41, 5.74) is 1.26. The minimum Gasteiger partial charge on any atom is -0.497 e. The Morgan fingerprint density at radius 2 is 1.88 bits per heavy atom. The summed E-state index contributed by atoms with van der Waals surface area (Å²) in [6, 6.07) is 8.30. The van der Waals surface area contributed by atoms with E-state index in [9.17, 15) is 0 Å². The SMILES string of the molecule is CN=C(NCCCSC)N1CCN(c2ccc(OC)cc2)CC1.I. The molecule has 1 fully saturated rings. The second-order valence-electron chi connectivity index (χ2n) is 5.49. The molecule has 1 aromatic rings. The molecule has 0 amide bonds. The van der Waals surface area contributed by atoms with Crippen LogP contribution in [-0.2, 0) is 0 Å². The number of guanidine groups is 1. The fourth-order valence-electron chi connectivity index (χ4n) is 2.72. The Hall–Kier alpha value is -0.830. The first-order chi connectivity index (χ1) is 11.3. The maximum absolute atomic E-state index is 5.22. The highest BCUT2D eigenvalue weighted by Crippen LogP contribution is 2.20. The van der Waals surface area contributed by atoms with Crippen LogP contribution in [0.5, 0.6) is 5.75 Å². The molecule has 1 aliphatic heterocycles. The molecular formula is C17H29IN4OS. The van der Waals surface area contributed by atoms with Crippen LogP contribution in [0.4, 0.5) is 5.69 Å². The quantitative estimate of drug-likeness (QED) is 0.304. The highest BCUT2D eigenvalue weighted by atomic mass is 127. The number of nitrogens with one attached hydrogen (secondary N) is 1. The van der Waals surface area contributed by atoms with Gasteiger partial charge in [-0.25, -0.2) is 0 Å². The Morgan fingerprint density at radius 3 is 2.42 bits per heavy atom. The summed E-state index contributed by atoms with van der Waals surface area (Å²) in [7, 11) is 3.57. The summed E-state index contributed by atoms with van der Waals surface area (Å²) < 4.78 is 5.22. The molecule has 1 aliphatic rings. The van der Waals surface area contributed by atoms with E-state index in [1.807, 2.05) is 30.9 Å². The second-order valence-corrected chi connectivity index (χ2v) is 6.48. The van der Waals surface area contributed by atoms with Crippen molar-refractivity contribution >= 4 is 47.4 Å². The zero-order valence-electron chi connectivity index (χ0n) is 14.8. The van der Waals surface area contributed by atoms with Crippen LogP contribution in [0.1, 0.15) is 6.42 Å². The first kappa shape index (κ1) is 21.2. The maximum Gasteiger partial charge on any atom is 0.193 e. The number of hydrogen-bond donors (Lipinski definition) is 1. The van der Waals surface area contributed by atoms with Gasteiger partial charge in [0.15, 0.2) is 5.96 Å². The minimum absolute atomic E-state index is 0. The van der Waals surface area contributed by atoms with Gasteiger partial charge in [0.1, 0.15) is 5.75 Å². The molecule has 24 heavy (non-hydrogen) atoms. The van der Waals surface area contributed by atoms with E-state index in [-0.39, 0.29) is 24.0 Å². The molecule has 1 aromatic carbocycles. The number of anilines is 1. The van der Waals surface area contributed by atoms with Gasteiger partial charge < -0.3 is 19.9 Å². The number of ether oxygens (including phenoxy) is 1. The Kier molecular flexibility index (Phi) is 10.3. The molecule has 0 aliphatic carbocycles. The molecular weight excluding hydrogens is 435 g/mol. The number of halogens is 1. The average molecular weight is 464 g/mol. The maximum atomic E-state index is 5.22. The molecule has 0 bridgehead atoms. The lowest BCUT2D eigenvalue weighted by Crippen LogP contribution is -2.52. The fraction of sp³-hybridized carbons (Fsp3) is 0.588. The average Bonchev–Trinajstić information content (AvgIpc) is 2.62. The van der Waals surface area contributed by atoms with Crippen molar-refractivity contribution < 1.29 is 4.74 Å². The van der Waals surface area contributed by atoms with Gasteiger partial charge in [0.25, 0.3) is 0 Å². The topological polar surface area (TPSA) is 40.1 Å². The summed E-state index contributed by atoms with van der Waals surface area (Å²) in [6.07, 6.45) is 3.32. The predicted molar refractivity (Wildman–Crippen MR) is 117 cm³/mol. The van der Waals surface area contributed by atoms with Crippen molar-refractivity contribution in [2.75, 3.05) is 63.8 Å². The van der Waals surface area contributed by atoms with E-state index < -0.39 is 0 Å². The van der Waals surface area contributed by atoms with Crippen molar-refractivity contribution in [3.8, 4) is 5.75 Å². The van der Waals surface area contributed by atoms with E-state index in [2.05, 4.69) is 38.5 Å². The first-order valence-electron chi connectivity index (χ1n) is 8.12. The van der Waals surface area contributed by atoms with E-state index >= 15 is 0 Å². The van der Waals surface area contributed by atoms with Crippen molar-refractivity contribution in [3.05, 3.63) is 24.3 Å². The molecule has 2 rings (SSSR count). The third kappa shape index (κ3) is 6.23. The Balaban J connectivity index is 0.00000288. The van der Waals surface area contributed by atoms with Crippen LogP contribution in [0.15, 0.2) is 29.3 Å². The molecule has 0 atom stereocenters. The number of methoxy groups -OCH3 is 1. The molecule has 1 N–H and O–H groups in total. The Morgan fingerprint density at radius 1 is 1.21 bits per heavy atom. The van der Waals surface area contributed by atoms with E-state index in [1.54, 1.807) is 7.11 Å². The first-order valence-corrected chi connectivity index (χ1v) is 9.51. The summed E-state index contributed by atoms with van der Waals surface area (Å²) in [5.74, 6) is 3.12. The summed E-state index contributed by atoms with van der Waals surface area (Å²) in [6.45, 7) is 5.00. The summed E-state index contributed by atoms with van der Waals surface area (Å²) in [5, 5.41) is 3.47. The molecule has 7 heteroatoms. The van der Waals surface area contributed by atoms with Crippen molar-refractivity contribution in [1.29, 1.82) is 0 Å². The van der Waals surface area contributed by atoms with Gasteiger partial charge in [-0.1, -0.05) is 0 Å². The summed E-state index contributed by atoms with van der Waals surface area (Å²) in [4.78, 5) is 9.18. The van der Waals surface area contributed by atoms with E-state index in [4.69, 9.17) is 4.74 Å². The Labute approximate surface area is 167 Å². The van der Waals surface area contributed by atoms with E-state index in [0.717, 1.165) is 44.4 Å². The van der Waals surface area contributed by atoms with Crippen molar-refractivity contribution in [1.82, 2.24) is 10.2 Å². The third-order valence-electron chi connectivity index (χ3n) is 4.04. The molecule has 0 radical (unpaired) electrons. The lowest BCUT2D eigenvalue weighted by Gasteiger charge is -2.37. The zero-order valence-corrected chi connectivity index (χ0v) is 18.0. The third-order valence-corrected chi connectivity index (χ3v) is 4.73. The number of hydrogen-bond acceptors (Lipinski definition) is 4. The standard InChI is InChI=1S/C17H28N4OS.HI/c1-18-17(19-9-4-14-23-3)21-12-10-20(11-13-21)15-5-7-16(22-2)8-6-15;/h5-8H,4,9-14H2,1-3H3,(H,18,19);1H. The lowest BCUT2D eigenvalue weighted by atomic mass is 10.2. The van der Waals surface area contributed by atoms with Crippen LogP contribution in [0.3, 0.4) is 0 Å². The molecule has 1 heterocycles. The van der Waals surface area contributed by atoms with Crippen molar-refractivity contribution in [3.63, 3.8) is 0 Å². The van der Waals surface area contributed by atoms with E-state index in [0.29, 0.717) is 0 Å². The van der Waals surface area contributed by atoms with Crippen LogP contribution in [0.2, 0.25) is 0 Å². The number of piperazine rings is 1. The van der Waals surface area contributed by atoms with Crippen molar-refractivity contribution in [2.24, 2.45) is 4.99 Å². The molecule has 0 aromatic heterocycles. The number of aliphatic imine (C=N–C) groups is 1.